The van der Waals surface area contributed by atoms with Crippen LogP contribution in [0.1, 0.15) is 20.8 Å². The van der Waals surface area contributed by atoms with Gasteiger partial charge in [0, 0.05) is 5.92 Å². The molecule has 2 aliphatic rings. The predicted octanol–water partition coefficient (Wildman–Crippen LogP) is 3.03. The van der Waals surface area contributed by atoms with E-state index in [2.05, 4.69) is 0 Å². The van der Waals surface area contributed by atoms with E-state index < -0.39 is 39.9 Å². The monoisotopic (exact) mass is 345 g/mol. The molecule has 2 aliphatic heterocycles. The molecule has 2 fully saturated rings. The maximum atomic E-state index is 11.3. The van der Waals surface area contributed by atoms with Gasteiger partial charge in [0.1, 0.15) is 0 Å². The van der Waals surface area contributed by atoms with Crippen LogP contribution in [0.5, 0.6) is 0 Å². The molecule has 2 heterocycles. The van der Waals surface area contributed by atoms with Gasteiger partial charge in [0.2, 0.25) is 18.3 Å². The van der Waals surface area contributed by atoms with Gasteiger partial charge in [-0.2, -0.15) is 0 Å². The number of carbonyl (C=O) groups excluding carboxylic acids is 1. The molecule has 114 valence electrons. The van der Waals surface area contributed by atoms with Crippen LogP contribution in [0.15, 0.2) is 0 Å². The van der Waals surface area contributed by atoms with E-state index in [9.17, 15) is 4.79 Å². The highest BCUT2D eigenvalue weighted by Crippen LogP contribution is 2.41. The van der Waals surface area contributed by atoms with Gasteiger partial charge in [-0.15, -0.1) is 0 Å². The number of hydrogen-bond acceptors (Lipinski definition) is 6. The summed E-state index contributed by atoms with van der Waals surface area (Å²) in [6.45, 7) is 5.50. The first-order valence-corrected chi connectivity index (χ1v) is 7.03. The summed E-state index contributed by atoms with van der Waals surface area (Å²) >= 11 is 16.7. The molecule has 0 aromatic rings. The molecular formula is C11H14Cl3NO5. The smallest absolute Gasteiger partial charge is 0.444 e. The van der Waals surface area contributed by atoms with Crippen molar-refractivity contribution in [3.63, 3.8) is 0 Å². The van der Waals surface area contributed by atoms with Crippen molar-refractivity contribution in [1.29, 1.82) is 5.41 Å². The largest absolute Gasteiger partial charge is 0.509 e. The number of ether oxygens (including phenoxy) is 4. The SMILES string of the molecule is C[C@@H]1[C@@H]2OC(=O)O[C@@H]2C(OC(=N)C(Cl)(Cl)Cl)OC1(C)C. The van der Waals surface area contributed by atoms with Crippen LogP contribution in [0.3, 0.4) is 0 Å². The second-order valence-electron chi connectivity index (χ2n) is 5.24. The molecule has 2 saturated heterocycles. The lowest BCUT2D eigenvalue weighted by Gasteiger charge is -2.44. The summed E-state index contributed by atoms with van der Waals surface area (Å²) < 4.78 is 19.0. The lowest BCUT2D eigenvalue weighted by atomic mass is 9.82. The zero-order valence-corrected chi connectivity index (χ0v) is 13.3. The van der Waals surface area contributed by atoms with Crippen molar-refractivity contribution in [2.24, 2.45) is 5.92 Å². The predicted molar refractivity (Wildman–Crippen MR) is 72.4 cm³/mol. The topological polar surface area (TPSA) is 77.8 Å². The van der Waals surface area contributed by atoms with Gasteiger partial charge in [0.05, 0.1) is 5.60 Å². The molecular weight excluding hydrogens is 332 g/mol. The highest BCUT2D eigenvalue weighted by molar-refractivity contribution is 6.76. The fourth-order valence-electron chi connectivity index (χ4n) is 2.12. The number of fused-ring (bicyclic) bond motifs is 1. The molecule has 0 spiro atoms. The molecule has 0 aromatic carbocycles. The Morgan fingerprint density at radius 1 is 1.30 bits per heavy atom. The van der Waals surface area contributed by atoms with Crippen LogP contribution in [0.2, 0.25) is 0 Å². The van der Waals surface area contributed by atoms with Gasteiger partial charge in [-0.1, -0.05) is 41.7 Å². The first-order valence-electron chi connectivity index (χ1n) is 5.90. The molecule has 0 bridgehead atoms. The van der Waals surface area contributed by atoms with Crippen LogP contribution in [0, 0.1) is 11.3 Å². The summed E-state index contributed by atoms with van der Waals surface area (Å²) in [6.07, 6.45) is -3.22. The van der Waals surface area contributed by atoms with Crippen LogP contribution in [0.4, 0.5) is 4.79 Å². The average Bonchev–Trinajstić information content (AvgIpc) is 2.66. The maximum Gasteiger partial charge on any atom is 0.509 e. The molecule has 2 rings (SSSR count). The molecule has 1 unspecified atom stereocenters. The molecule has 20 heavy (non-hydrogen) atoms. The third kappa shape index (κ3) is 2.93. The van der Waals surface area contributed by atoms with Crippen molar-refractivity contribution in [3.05, 3.63) is 0 Å². The van der Waals surface area contributed by atoms with Crippen LogP contribution in [0.25, 0.3) is 0 Å². The molecule has 9 heteroatoms. The number of rotatable bonds is 1. The third-order valence-electron chi connectivity index (χ3n) is 3.56. The Bertz CT molecular complexity index is 436. The summed E-state index contributed by atoms with van der Waals surface area (Å²) in [4.78, 5) is 11.3. The van der Waals surface area contributed by atoms with Crippen molar-refractivity contribution in [2.45, 2.75) is 48.7 Å². The van der Waals surface area contributed by atoms with Gasteiger partial charge < -0.3 is 18.9 Å². The summed E-state index contributed by atoms with van der Waals surface area (Å²) in [5.74, 6) is -0.736. The first kappa shape index (κ1) is 15.9. The van der Waals surface area contributed by atoms with Gasteiger partial charge in [0.25, 0.3) is 3.79 Å². The Balaban J connectivity index is 2.20. The number of nitrogens with one attached hydrogen (secondary N) is 1. The number of halogens is 3. The Kier molecular flexibility index (Phi) is 4.06. The van der Waals surface area contributed by atoms with Crippen molar-refractivity contribution >= 4 is 46.9 Å². The minimum atomic E-state index is -2.02. The highest BCUT2D eigenvalue weighted by Gasteiger charge is 2.57. The van der Waals surface area contributed by atoms with E-state index in [1.165, 1.54) is 0 Å². The average molecular weight is 347 g/mol. The quantitative estimate of drug-likeness (QED) is 0.342. The number of alkyl halides is 3. The zero-order chi connectivity index (χ0) is 15.3. The van der Waals surface area contributed by atoms with E-state index in [1.807, 2.05) is 20.8 Å². The molecule has 0 saturated carbocycles. The van der Waals surface area contributed by atoms with Crippen LogP contribution < -0.4 is 0 Å². The maximum absolute atomic E-state index is 11.3. The summed E-state index contributed by atoms with van der Waals surface area (Å²) in [6, 6.07) is 0. The summed E-state index contributed by atoms with van der Waals surface area (Å²) in [5.41, 5.74) is -0.659. The lowest BCUT2D eigenvalue weighted by Crippen LogP contribution is -2.58. The van der Waals surface area contributed by atoms with Crippen molar-refractivity contribution < 1.29 is 23.7 Å². The summed E-state index contributed by atoms with van der Waals surface area (Å²) in [5, 5.41) is 7.58. The molecule has 0 aliphatic carbocycles. The van der Waals surface area contributed by atoms with E-state index in [4.69, 9.17) is 59.2 Å². The van der Waals surface area contributed by atoms with E-state index >= 15 is 0 Å². The summed E-state index contributed by atoms with van der Waals surface area (Å²) in [7, 11) is 0. The van der Waals surface area contributed by atoms with E-state index in [1.54, 1.807) is 0 Å². The molecule has 1 N–H and O–H groups in total. The Morgan fingerprint density at radius 2 is 1.85 bits per heavy atom. The second kappa shape index (κ2) is 5.09. The minimum Gasteiger partial charge on any atom is -0.444 e. The van der Waals surface area contributed by atoms with Gasteiger partial charge in [-0.05, 0) is 13.8 Å². The first-order chi connectivity index (χ1) is 9.02. The molecule has 0 radical (unpaired) electrons. The Labute approximate surface area is 131 Å². The molecule has 0 amide bonds. The van der Waals surface area contributed by atoms with Crippen molar-refractivity contribution in [2.75, 3.05) is 0 Å². The fraction of sp³-hybridized carbons (Fsp3) is 0.818. The molecule has 4 atom stereocenters. The zero-order valence-electron chi connectivity index (χ0n) is 11.0. The Hall–Kier alpha value is -0.430. The molecule has 6 nitrogen and oxygen atoms in total. The van der Waals surface area contributed by atoms with Crippen LogP contribution in [-0.4, -0.2) is 39.9 Å². The fourth-order valence-corrected chi connectivity index (χ4v) is 2.26. The lowest BCUT2D eigenvalue weighted by molar-refractivity contribution is -0.265. The van der Waals surface area contributed by atoms with Gasteiger partial charge in [-0.3, -0.25) is 5.41 Å². The van der Waals surface area contributed by atoms with Gasteiger partial charge in [-0.25, -0.2) is 4.79 Å². The number of hydrogen-bond donors (Lipinski definition) is 1. The van der Waals surface area contributed by atoms with Crippen molar-refractivity contribution in [1.82, 2.24) is 0 Å². The molecule has 0 aromatic heterocycles. The van der Waals surface area contributed by atoms with Crippen molar-refractivity contribution in [3.8, 4) is 0 Å². The van der Waals surface area contributed by atoms with E-state index in [0.29, 0.717) is 0 Å². The Morgan fingerprint density at radius 3 is 2.40 bits per heavy atom. The van der Waals surface area contributed by atoms with E-state index in [-0.39, 0.29) is 5.92 Å². The second-order valence-corrected chi connectivity index (χ2v) is 7.52. The van der Waals surface area contributed by atoms with Gasteiger partial charge in [0.15, 0.2) is 6.10 Å². The van der Waals surface area contributed by atoms with E-state index in [0.717, 1.165) is 0 Å². The third-order valence-corrected chi connectivity index (χ3v) is 4.07. The minimum absolute atomic E-state index is 0.124. The highest BCUT2D eigenvalue weighted by atomic mass is 35.6. The standard InChI is InChI=1S/C11H14Cl3NO5/c1-4-5-6(18-9(16)17-5)7(20-10(4,2)3)19-8(15)11(12,13)14/h4-7,15H,1-3H3/t4-,5+,6+,7?/m1/s1. The normalized spacial score (nSPS) is 35.8. The van der Waals surface area contributed by atoms with Gasteiger partial charge >= 0.3 is 6.16 Å². The van der Waals surface area contributed by atoms with Crippen LogP contribution in [-0.2, 0) is 18.9 Å². The number of carbonyl (C=O) groups is 1. The van der Waals surface area contributed by atoms with Crippen LogP contribution >= 0.6 is 34.8 Å².